The Hall–Kier alpha value is -1.35. The van der Waals surface area contributed by atoms with Crippen LogP contribution in [0.2, 0.25) is 0 Å². The molecule has 1 aliphatic rings. The summed E-state index contributed by atoms with van der Waals surface area (Å²) in [6, 6.07) is 8.63. The smallest absolute Gasteiger partial charge is 0.159 e. The highest BCUT2D eigenvalue weighted by Crippen LogP contribution is 2.29. The Balaban J connectivity index is 2.10. The van der Waals surface area contributed by atoms with Crippen molar-refractivity contribution in [2.45, 2.75) is 18.9 Å². The average Bonchev–Trinajstić information content (AvgIpc) is 2.86. The molecule has 3 rings (SSSR count). The molecule has 1 saturated heterocycles. The van der Waals surface area contributed by atoms with Gasteiger partial charge < -0.3 is 4.90 Å². The van der Waals surface area contributed by atoms with Gasteiger partial charge in [0.15, 0.2) is 5.82 Å². The maximum Gasteiger partial charge on any atom is 0.159 e. The Morgan fingerprint density at radius 3 is 3.12 bits per heavy atom. The van der Waals surface area contributed by atoms with Gasteiger partial charge in [0.25, 0.3) is 0 Å². The van der Waals surface area contributed by atoms with Crippen LogP contribution in [0.4, 0.5) is 5.82 Å². The van der Waals surface area contributed by atoms with E-state index in [1.54, 1.807) is 0 Å². The summed E-state index contributed by atoms with van der Waals surface area (Å²) in [7, 11) is 0. The highest BCUT2D eigenvalue weighted by molar-refractivity contribution is 6.18. The molecule has 0 spiro atoms. The number of aromatic nitrogens is 2. The summed E-state index contributed by atoms with van der Waals surface area (Å²) in [5.41, 5.74) is 0. The van der Waals surface area contributed by atoms with Crippen molar-refractivity contribution in [3.8, 4) is 0 Å². The molecule has 0 radical (unpaired) electrons. The van der Waals surface area contributed by atoms with E-state index in [0.717, 1.165) is 24.2 Å². The molecule has 1 unspecified atom stereocenters. The van der Waals surface area contributed by atoms with Crippen LogP contribution in [0.5, 0.6) is 0 Å². The van der Waals surface area contributed by atoms with Gasteiger partial charge in [0.2, 0.25) is 0 Å². The van der Waals surface area contributed by atoms with Gasteiger partial charge in [-0.2, -0.15) is 5.10 Å². The van der Waals surface area contributed by atoms with E-state index in [-0.39, 0.29) is 0 Å². The number of hydrogen-bond acceptors (Lipinski definition) is 3. The maximum absolute atomic E-state index is 6.01. The van der Waals surface area contributed by atoms with Crippen molar-refractivity contribution in [2.75, 3.05) is 17.3 Å². The molecular weight excluding hydrogens is 234 g/mol. The third-order valence-corrected chi connectivity index (χ3v) is 3.73. The monoisotopic (exact) mass is 247 g/mol. The number of halogens is 1. The number of fused-ring (bicyclic) bond motifs is 1. The Labute approximate surface area is 105 Å². The van der Waals surface area contributed by atoms with Crippen molar-refractivity contribution in [3.63, 3.8) is 0 Å². The van der Waals surface area contributed by atoms with Crippen LogP contribution in [0.15, 0.2) is 30.5 Å². The number of nitrogens with zero attached hydrogens (tertiary/aromatic N) is 3. The summed E-state index contributed by atoms with van der Waals surface area (Å²) >= 11 is 6.01. The third-order valence-electron chi connectivity index (χ3n) is 3.38. The molecule has 4 heteroatoms. The fourth-order valence-electron chi connectivity index (χ4n) is 2.50. The average molecular weight is 248 g/mol. The molecule has 0 N–H and O–H groups in total. The lowest BCUT2D eigenvalue weighted by Crippen LogP contribution is -2.31. The summed E-state index contributed by atoms with van der Waals surface area (Å²) < 4.78 is 0. The van der Waals surface area contributed by atoms with Gasteiger partial charge >= 0.3 is 0 Å². The first-order valence-corrected chi connectivity index (χ1v) is 6.46. The lowest BCUT2D eigenvalue weighted by atomic mass is 10.2. The second-order valence-electron chi connectivity index (χ2n) is 4.40. The van der Waals surface area contributed by atoms with E-state index in [0.29, 0.717) is 11.9 Å². The quantitative estimate of drug-likeness (QED) is 0.765. The fourth-order valence-corrected chi connectivity index (χ4v) is 2.82. The Morgan fingerprint density at radius 2 is 2.24 bits per heavy atom. The van der Waals surface area contributed by atoms with Crippen LogP contribution in [0, 0.1) is 0 Å². The van der Waals surface area contributed by atoms with E-state index in [2.05, 4.69) is 27.2 Å². The predicted octanol–water partition coefficient (Wildman–Crippen LogP) is 2.84. The highest BCUT2D eigenvalue weighted by atomic mass is 35.5. The van der Waals surface area contributed by atoms with Crippen molar-refractivity contribution in [2.24, 2.45) is 0 Å². The summed E-state index contributed by atoms with van der Waals surface area (Å²) in [6.45, 7) is 1.03. The Bertz CT molecular complexity index is 524. The number of hydrogen-bond donors (Lipinski definition) is 0. The molecule has 0 amide bonds. The van der Waals surface area contributed by atoms with Crippen LogP contribution >= 0.6 is 11.6 Å². The van der Waals surface area contributed by atoms with Gasteiger partial charge in [-0.1, -0.05) is 24.3 Å². The zero-order valence-electron chi connectivity index (χ0n) is 9.51. The predicted molar refractivity (Wildman–Crippen MR) is 70.6 cm³/mol. The summed E-state index contributed by atoms with van der Waals surface area (Å²) in [4.78, 5) is 2.29. The minimum absolute atomic E-state index is 0.400. The topological polar surface area (TPSA) is 29.0 Å². The Morgan fingerprint density at radius 1 is 1.35 bits per heavy atom. The maximum atomic E-state index is 6.01. The molecule has 1 aromatic carbocycles. The van der Waals surface area contributed by atoms with Gasteiger partial charge in [0.1, 0.15) is 0 Å². The minimum atomic E-state index is 0.400. The SMILES string of the molecule is ClCC1CCCN1c1nncc2ccccc12. The summed E-state index contributed by atoms with van der Waals surface area (Å²) in [6.07, 6.45) is 4.14. The van der Waals surface area contributed by atoms with Crippen LogP contribution in [0.25, 0.3) is 10.8 Å². The van der Waals surface area contributed by atoms with Crippen molar-refractivity contribution in [1.29, 1.82) is 0 Å². The third kappa shape index (κ3) is 1.84. The molecular formula is C13H14ClN3. The Kier molecular flexibility index (Phi) is 2.85. The van der Waals surface area contributed by atoms with E-state index in [1.165, 1.54) is 11.8 Å². The first kappa shape index (κ1) is 10.8. The van der Waals surface area contributed by atoms with Gasteiger partial charge in [0.05, 0.1) is 6.20 Å². The van der Waals surface area contributed by atoms with Crippen LogP contribution in [-0.2, 0) is 0 Å². The molecule has 0 bridgehead atoms. The van der Waals surface area contributed by atoms with Crippen molar-refractivity contribution in [1.82, 2.24) is 10.2 Å². The highest BCUT2D eigenvalue weighted by Gasteiger charge is 2.26. The van der Waals surface area contributed by atoms with E-state index in [9.17, 15) is 0 Å². The summed E-state index contributed by atoms with van der Waals surface area (Å²) in [5, 5.41) is 10.7. The standard InChI is InChI=1S/C13H14ClN3/c14-8-11-5-3-7-17(11)13-12-6-2-1-4-10(12)9-15-16-13/h1-2,4,6,9,11H,3,5,7-8H2. The lowest BCUT2D eigenvalue weighted by Gasteiger charge is -2.24. The molecule has 2 aromatic rings. The van der Waals surface area contributed by atoms with E-state index in [4.69, 9.17) is 11.6 Å². The molecule has 1 atom stereocenters. The van der Waals surface area contributed by atoms with Crippen molar-refractivity contribution < 1.29 is 0 Å². The van der Waals surface area contributed by atoms with Gasteiger partial charge in [-0.25, -0.2) is 0 Å². The van der Waals surface area contributed by atoms with E-state index in [1.807, 2.05) is 18.3 Å². The van der Waals surface area contributed by atoms with E-state index >= 15 is 0 Å². The van der Waals surface area contributed by atoms with Gasteiger partial charge in [-0.15, -0.1) is 16.7 Å². The van der Waals surface area contributed by atoms with Gasteiger partial charge in [-0.3, -0.25) is 0 Å². The largest absolute Gasteiger partial charge is 0.350 e. The van der Waals surface area contributed by atoms with Crippen molar-refractivity contribution >= 4 is 28.2 Å². The second kappa shape index (κ2) is 4.49. The molecule has 1 aromatic heterocycles. The van der Waals surface area contributed by atoms with Crippen LogP contribution < -0.4 is 4.90 Å². The zero-order chi connectivity index (χ0) is 11.7. The van der Waals surface area contributed by atoms with E-state index < -0.39 is 0 Å². The minimum Gasteiger partial charge on any atom is -0.350 e. The van der Waals surface area contributed by atoms with Crippen LogP contribution in [0.1, 0.15) is 12.8 Å². The first-order valence-electron chi connectivity index (χ1n) is 5.93. The normalized spacial score (nSPS) is 20.1. The summed E-state index contributed by atoms with van der Waals surface area (Å²) in [5.74, 6) is 1.64. The molecule has 3 nitrogen and oxygen atoms in total. The first-order chi connectivity index (χ1) is 8.40. The van der Waals surface area contributed by atoms with Crippen LogP contribution in [0.3, 0.4) is 0 Å². The van der Waals surface area contributed by atoms with Crippen LogP contribution in [-0.4, -0.2) is 28.7 Å². The van der Waals surface area contributed by atoms with Gasteiger partial charge in [0, 0.05) is 29.2 Å². The lowest BCUT2D eigenvalue weighted by molar-refractivity contribution is 0.730. The molecule has 17 heavy (non-hydrogen) atoms. The number of alkyl halides is 1. The molecule has 0 saturated carbocycles. The molecule has 1 fully saturated rings. The molecule has 2 heterocycles. The molecule has 0 aliphatic carbocycles. The van der Waals surface area contributed by atoms with Crippen molar-refractivity contribution in [3.05, 3.63) is 30.5 Å². The zero-order valence-corrected chi connectivity index (χ0v) is 10.3. The second-order valence-corrected chi connectivity index (χ2v) is 4.71. The number of benzene rings is 1. The van der Waals surface area contributed by atoms with Gasteiger partial charge in [-0.05, 0) is 12.8 Å². The fraction of sp³-hybridized carbons (Fsp3) is 0.385. The molecule has 1 aliphatic heterocycles. The number of rotatable bonds is 2. The number of anilines is 1. The molecule has 88 valence electrons.